The molecule has 2 aliphatic rings. The molecule has 1 amide bonds. The summed E-state index contributed by atoms with van der Waals surface area (Å²) in [5.41, 5.74) is 0.947. The van der Waals surface area contributed by atoms with Gasteiger partial charge in [-0.05, 0) is 55.2 Å². The third-order valence-corrected chi connectivity index (χ3v) is 7.14. The molecule has 0 aromatic carbocycles. The van der Waals surface area contributed by atoms with E-state index in [1.807, 2.05) is 18.5 Å². The molecule has 2 aromatic heterocycles. The number of aromatic nitrogens is 1. The molecule has 26 heavy (non-hydrogen) atoms. The Bertz CT molecular complexity index is 702. The van der Waals surface area contributed by atoms with Gasteiger partial charge in [0.2, 0.25) is 5.91 Å². The lowest BCUT2D eigenvalue weighted by atomic mass is 9.83. The zero-order valence-corrected chi connectivity index (χ0v) is 16.0. The Labute approximate surface area is 159 Å². The molecule has 1 N–H and O–H groups in total. The van der Waals surface area contributed by atoms with Crippen molar-refractivity contribution in [3.63, 3.8) is 0 Å². The molecule has 0 radical (unpaired) electrons. The topological polar surface area (TPSA) is 45.2 Å². The molecule has 1 aliphatic carbocycles. The molecule has 3 heterocycles. The second-order valence-corrected chi connectivity index (χ2v) is 8.57. The summed E-state index contributed by atoms with van der Waals surface area (Å²) in [5.74, 6) is 0.834. The number of anilines is 1. The first-order valence-electron chi connectivity index (χ1n) is 9.75. The van der Waals surface area contributed by atoms with Crippen LogP contribution in [-0.2, 0) is 10.2 Å². The minimum atomic E-state index is -0.259. The van der Waals surface area contributed by atoms with Gasteiger partial charge in [-0.3, -0.25) is 9.78 Å². The number of piperidine rings is 1. The number of carbonyl (C=O) groups excluding carboxylic acids is 1. The van der Waals surface area contributed by atoms with E-state index < -0.39 is 0 Å². The van der Waals surface area contributed by atoms with Gasteiger partial charge in [0.15, 0.2) is 0 Å². The highest BCUT2D eigenvalue weighted by atomic mass is 32.1. The minimum Gasteiger partial charge on any atom is -0.370 e. The summed E-state index contributed by atoms with van der Waals surface area (Å²) in [7, 11) is 0. The number of pyridine rings is 1. The molecular weight excluding hydrogens is 342 g/mol. The minimum absolute atomic E-state index is 0.257. The predicted molar refractivity (Wildman–Crippen MR) is 107 cm³/mol. The molecule has 4 rings (SSSR count). The third kappa shape index (κ3) is 3.50. The van der Waals surface area contributed by atoms with E-state index in [4.69, 9.17) is 0 Å². The van der Waals surface area contributed by atoms with Crippen LogP contribution in [-0.4, -0.2) is 30.5 Å². The highest BCUT2D eigenvalue weighted by Gasteiger charge is 2.43. The van der Waals surface area contributed by atoms with Gasteiger partial charge in [-0.15, -0.1) is 11.3 Å². The van der Waals surface area contributed by atoms with Crippen molar-refractivity contribution in [2.75, 3.05) is 24.5 Å². The maximum atomic E-state index is 13.1. The smallest absolute Gasteiger partial charge is 0.231 e. The lowest BCUT2D eigenvalue weighted by molar-refractivity contribution is -0.126. The van der Waals surface area contributed by atoms with Crippen LogP contribution in [0.4, 0.5) is 5.69 Å². The van der Waals surface area contributed by atoms with Crippen LogP contribution in [0.1, 0.15) is 43.4 Å². The first-order chi connectivity index (χ1) is 12.8. The number of nitrogens with one attached hydrogen (secondary N) is 1. The maximum Gasteiger partial charge on any atom is 0.231 e. The molecule has 1 aliphatic heterocycles. The zero-order valence-electron chi connectivity index (χ0n) is 15.2. The lowest BCUT2D eigenvalue weighted by Crippen LogP contribution is -2.45. The number of thiophene rings is 1. The molecule has 0 bridgehead atoms. The predicted octanol–water partition coefficient (Wildman–Crippen LogP) is 3.99. The Morgan fingerprint density at radius 1 is 1.23 bits per heavy atom. The lowest BCUT2D eigenvalue weighted by Gasteiger charge is -2.34. The molecule has 2 fully saturated rings. The maximum absolute atomic E-state index is 13.1. The summed E-state index contributed by atoms with van der Waals surface area (Å²) in [6, 6.07) is 8.33. The van der Waals surface area contributed by atoms with E-state index in [2.05, 4.69) is 38.8 Å². The second kappa shape index (κ2) is 7.78. The van der Waals surface area contributed by atoms with E-state index in [0.29, 0.717) is 5.92 Å². The molecule has 0 unspecified atom stereocenters. The van der Waals surface area contributed by atoms with Gasteiger partial charge in [0.1, 0.15) is 0 Å². The Morgan fingerprint density at radius 2 is 2.04 bits per heavy atom. The number of hydrogen-bond donors (Lipinski definition) is 1. The number of carbonyl (C=O) groups is 1. The van der Waals surface area contributed by atoms with Gasteiger partial charge in [0.05, 0.1) is 17.3 Å². The van der Waals surface area contributed by atoms with Gasteiger partial charge in [-0.1, -0.05) is 18.9 Å². The fraction of sp³-hybridized carbons (Fsp3) is 0.524. The zero-order chi connectivity index (χ0) is 17.8. The summed E-state index contributed by atoms with van der Waals surface area (Å²) >= 11 is 1.73. The van der Waals surface area contributed by atoms with E-state index in [1.165, 1.54) is 10.6 Å². The first-order valence-corrected chi connectivity index (χ1v) is 10.6. The average molecular weight is 370 g/mol. The van der Waals surface area contributed by atoms with Gasteiger partial charge in [0, 0.05) is 30.7 Å². The fourth-order valence-corrected chi connectivity index (χ4v) is 5.44. The molecule has 5 heteroatoms. The fourth-order valence-electron chi connectivity index (χ4n) is 4.46. The Hall–Kier alpha value is -1.88. The number of hydrogen-bond acceptors (Lipinski definition) is 4. The van der Waals surface area contributed by atoms with Crippen LogP contribution in [0.5, 0.6) is 0 Å². The van der Waals surface area contributed by atoms with E-state index >= 15 is 0 Å². The van der Waals surface area contributed by atoms with E-state index in [-0.39, 0.29) is 11.3 Å². The Kier molecular flexibility index (Phi) is 5.25. The van der Waals surface area contributed by atoms with Crippen molar-refractivity contribution in [3.05, 3.63) is 46.9 Å². The van der Waals surface area contributed by atoms with Crippen molar-refractivity contribution in [3.8, 4) is 0 Å². The van der Waals surface area contributed by atoms with Crippen molar-refractivity contribution >= 4 is 22.9 Å². The van der Waals surface area contributed by atoms with Crippen LogP contribution in [0.15, 0.2) is 42.0 Å². The number of nitrogens with zero attached hydrogens (tertiary/aromatic N) is 2. The van der Waals surface area contributed by atoms with Crippen LogP contribution in [0, 0.1) is 5.92 Å². The monoisotopic (exact) mass is 369 g/mol. The van der Waals surface area contributed by atoms with Crippen LogP contribution < -0.4 is 10.2 Å². The standard InChI is InChI=1S/C21H27N3OS/c25-20(21(9-1-2-10-21)19-6-4-14-26-19)23-15-17-7-12-24(13-8-17)18-5-3-11-22-16-18/h3-6,11,14,16-17H,1-2,7-10,12-13,15H2,(H,23,25). The highest BCUT2D eigenvalue weighted by molar-refractivity contribution is 7.10. The van der Waals surface area contributed by atoms with Crippen LogP contribution in [0.25, 0.3) is 0 Å². The van der Waals surface area contributed by atoms with Crippen molar-refractivity contribution < 1.29 is 4.79 Å². The first kappa shape index (κ1) is 17.5. The second-order valence-electron chi connectivity index (χ2n) is 7.62. The molecular formula is C21H27N3OS. The average Bonchev–Trinajstić information content (AvgIpc) is 3.39. The third-order valence-electron chi connectivity index (χ3n) is 6.06. The van der Waals surface area contributed by atoms with E-state index in [1.54, 1.807) is 11.3 Å². The molecule has 0 spiro atoms. The number of amides is 1. The van der Waals surface area contributed by atoms with E-state index in [9.17, 15) is 4.79 Å². The molecule has 138 valence electrons. The summed E-state index contributed by atoms with van der Waals surface area (Å²) in [4.78, 5) is 20.9. The Morgan fingerprint density at radius 3 is 2.69 bits per heavy atom. The molecule has 2 aromatic rings. The van der Waals surface area contributed by atoms with Crippen molar-refractivity contribution in [1.82, 2.24) is 10.3 Å². The van der Waals surface area contributed by atoms with Crippen LogP contribution in [0.3, 0.4) is 0 Å². The van der Waals surface area contributed by atoms with Gasteiger partial charge < -0.3 is 10.2 Å². The van der Waals surface area contributed by atoms with Crippen molar-refractivity contribution in [2.45, 2.75) is 43.9 Å². The summed E-state index contributed by atoms with van der Waals surface area (Å²) < 4.78 is 0. The molecule has 4 nitrogen and oxygen atoms in total. The van der Waals surface area contributed by atoms with Gasteiger partial charge in [0.25, 0.3) is 0 Å². The quantitative estimate of drug-likeness (QED) is 0.867. The normalized spacial score (nSPS) is 20.2. The molecule has 1 saturated carbocycles. The SMILES string of the molecule is O=C(NCC1CCN(c2cccnc2)CC1)C1(c2cccs2)CCCC1. The Balaban J connectivity index is 1.31. The van der Waals surface area contributed by atoms with Crippen LogP contribution >= 0.6 is 11.3 Å². The van der Waals surface area contributed by atoms with Gasteiger partial charge in [-0.25, -0.2) is 0 Å². The molecule has 0 atom stereocenters. The summed E-state index contributed by atoms with van der Waals surface area (Å²) in [6.07, 6.45) is 10.3. The largest absolute Gasteiger partial charge is 0.370 e. The summed E-state index contributed by atoms with van der Waals surface area (Å²) in [6.45, 7) is 2.90. The van der Waals surface area contributed by atoms with Gasteiger partial charge in [-0.2, -0.15) is 0 Å². The van der Waals surface area contributed by atoms with Crippen LogP contribution in [0.2, 0.25) is 0 Å². The number of rotatable bonds is 5. The van der Waals surface area contributed by atoms with E-state index in [0.717, 1.165) is 58.2 Å². The van der Waals surface area contributed by atoms with Crippen molar-refractivity contribution in [2.24, 2.45) is 5.92 Å². The highest BCUT2D eigenvalue weighted by Crippen LogP contribution is 2.43. The molecule has 1 saturated heterocycles. The van der Waals surface area contributed by atoms with Crippen molar-refractivity contribution in [1.29, 1.82) is 0 Å². The summed E-state index contributed by atoms with van der Waals surface area (Å²) in [5, 5.41) is 5.41. The van der Waals surface area contributed by atoms with Gasteiger partial charge >= 0.3 is 0 Å².